The minimum absolute atomic E-state index is 0.0662. The third-order valence-corrected chi connectivity index (χ3v) is 4.72. The zero-order valence-electron chi connectivity index (χ0n) is 13.5. The predicted molar refractivity (Wildman–Crippen MR) is 81.9 cm³/mol. The molecule has 5 heteroatoms. The average Bonchev–Trinajstić information content (AvgIpc) is 2.98. The Kier molecular flexibility index (Phi) is 5.04. The first kappa shape index (κ1) is 16.0. The SMILES string of the molecule is Cc1n[nH]c(C)c1CC(C)C(=O)N(C)CC1CCCC1O. The van der Waals surface area contributed by atoms with Crippen molar-refractivity contribution in [1.29, 1.82) is 0 Å². The molecule has 0 bridgehead atoms. The van der Waals surface area contributed by atoms with Gasteiger partial charge in [-0.1, -0.05) is 13.3 Å². The number of aryl methyl sites for hydroxylation is 2. The van der Waals surface area contributed by atoms with E-state index < -0.39 is 0 Å². The maximum absolute atomic E-state index is 12.5. The topological polar surface area (TPSA) is 69.2 Å². The van der Waals surface area contributed by atoms with Crippen molar-refractivity contribution in [3.8, 4) is 0 Å². The normalized spacial score (nSPS) is 23.3. The average molecular weight is 293 g/mol. The van der Waals surface area contributed by atoms with E-state index in [0.29, 0.717) is 13.0 Å². The molecule has 2 N–H and O–H groups in total. The van der Waals surface area contributed by atoms with Crippen molar-refractivity contribution in [2.45, 2.75) is 52.6 Å². The molecule has 0 aliphatic heterocycles. The Hall–Kier alpha value is -1.36. The van der Waals surface area contributed by atoms with E-state index in [1.807, 2.05) is 27.8 Å². The summed E-state index contributed by atoms with van der Waals surface area (Å²) in [6.07, 6.45) is 3.43. The summed E-state index contributed by atoms with van der Waals surface area (Å²) in [5.74, 6) is 0.321. The number of aromatic nitrogens is 2. The molecule has 21 heavy (non-hydrogen) atoms. The smallest absolute Gasteiger partial charge is 0.225 e. The number of carbonyl (C=O) groups excluding carboxylic acids is 1. The second kappa shape index (κ2) is 6.60. The first-order valence-corrected chi connectivity index (χ1v) is 7.83. The van der Waals surface area contributed by atoms with Gasteiger partial charge < -0.3 is 10.0 Å². The first-order valence-electron chi connectivity index (χ1n) is 7.83. The number of nitrogens with zero attached hydrogens (tertiary/aromatic N) is 2. The van der Waals surface area contributed by atoms with Gasteiger partial charge in [0.25, 0.3) is 0 Å². The van der Waals surface area contributed by atoms with E-state index in [2.05, 4.69) is 10.2 Å². The van der Waals surface area contributed by atoms with Crippen LogP contribution >= 0.6 is 0 Å². The molecule has 2 rings (SSSR count). The van der Waals surface area contributed by atoms with Gasteiger partial charge in [0.15, 0.2) is 0 Å². The zero-order valence-corrected chi connectivity index (χ0v) is 13.5. The van der Waals surface area contributed by atoms with Crippen molar-refractivity contribution < 1.29 is 9.90 Å². The van der Waals surface area contributed by atoms with Crippen LogP contribution in [0.1, 0.15) is 43.1 Å². The van der Waals surface area contributed by atoms with Gasteiger partial charge in [0.1, 0.15) is 0 Å². The minimum Gasteiger partial charge on any atom is -0.393 e. The fourth-order valence-electron chi connectivity index (χ4n) is 3.32. The summed E-state index contributed by atoms with van der Waals surface area (Å²) in [4.78, 5) is 14.3. The van der Waals surface area contributed by atoms with Gasteiger partial charge in [0.05, 0.1) is 11.8 Å². The Labute approximate surface area is 126 Å². The second-order valence-corrected chi connectivity index (χ2v) is 6.49. The van der Waals surface area contributed by atoms with Crippen molar-refractivity contribution in [1.82, 2.24) is 15.1 Å². The maximum atomic E-state index is 12.5. The third kappa shape index (κ3) is 3.64. The van der Waals surface area contributed by atoms with Gasteiger partial charge in [0.2, 0.25) is 5.91 Å². The van der Waals surface area contributed by atoms with E-state index in [9.17, 15) is 9.90 Å². The predicted octanol–water partition coefficient (Wildman–Crippen LogP) is 1.82. The fraction of sp³-hybridized carbons (Fsp3) is 0.750. The number of hydrogen-bond donors (Lipinski definition) is 2. The maximum Gasteiger partial charge on any atom is 0.225 e. The number of aliphatic hydroxyl groups is 1. The van der Waals surface area contributed by atoms with Gasteiger partial charge in [-0.3, -0.25) is 9.89 Å². The van der Waals surface area contributed by atoms with Gasteiger partial charge >= 0.3 is 0 Å². The zero-order chi connectivity index (χ0) is 15.6. The number of carbonyl (C=O) groups is 1. The molecule has 3 unspecified atom stereocenters. The van der Waals surface area contributed by atoms with E-state index in [1.165, 1.54) is 0 Å². The summed E-state index contributed by atoms with van der Waals surface area (Å²) in [5.41, 5.74) is 3.16. The number of H-pyrrole nitrogens is 1. The van der Waals surface area contributed by atoms with Crippen molar-refractivity contribution >= 4 is 5.91 Å². The summed E-state index contributed by atoms with van der Waals surface area (Å²) in [7, 11) is 1.85. The van der Waals surface area contributed by atoms with Gasteiger partial charge in [-0.15, -0.1) is 0 Å². The lowest BCUT2D eigenvalue weighted by molar-refractivity contribution is -0.134. The van der Waals surface area contributed by atoms with Gasteiger partial charge in [-0.05, 0) is 38.7 Å². The highest BCUT2D eigenvalue weighted by molar-refractivity contribution is 5.78. The van der Waals surface area contributed by atoms with Gasteiger partial charge in [-0.25, -0.2) is 0 Å². The van der Waals surface area contributed by atoms with Crippen molar-refractivity contribution in [3.63, 3.8) is 0 Å². The van der Waals surface area contributed by atoms with Crippen LogP contribution in [0.5, 0.6) is 0 Å². The Morgan fingerprint density at radius 2 is 2.19 bits per heavy atom. The second-order valence-electron chi connectivity index (χ2n) is 6.49. The van der Waals surface area contributed by atoms with E-state index in [1.54, 1.807) is 4.90 Å². The van der Waals surface area contributed by atoms with Crippen LogP contribution in [0.2, 0.25) is 0 Å². The fourth-order valence-corrected chi connectivity index (χ4v) is 3.32. The van der Waals surface area contributed by atoms with E-state index >= 15 is 0 Å². The summed E-state index contributed by atoms with van der Waals surface area (Å²) in [6.45, 7) is 6.59. The van der Waals surface area contributed by atoms with Gasteiger partial charge in [-0.2, -0.15) is 5.10 Å². The van der Waals surface area contributed by atoms with Crippen LogP contribution in [-0.4, -0.2) is 45.8 Å². The highest BCUT2D eigenvalue weighted by atomic mass is 16.3. The molecule has 0 saturated heterocycles. The Bertz CT molecular complexity index is 478. The highest BCUT2D eigenvalue weighted by Crippen LogP contribution is 2.26. The number of rotatable bonds is 5. The van der Waals surface area contributed by atoms with Crippen LogP contribution in [-0.2, 0) is 11.2 Å². The molecule has 0 spiro atoms. The van der Waals surface area contributed by atoms with Gasteiger partial charge in [0, 0.05) is 31.1 Å². The molecule has 118 valence electrons. The Balaban J connectivity index is 1.92. The van der Waals surface area contributed by atoms with Crippen LogP contribution < -0.4 is 0 Å². The first-order chi connectivity index (χ1) is 9.90. The minimum atomic E-state index is -0.242. The molecule has 3 atom stereocenters. The quantitative estimate of drug-likeness (QED) is 0.870. The molecule has 0 aromatic carbocycles. The number of aliphatic hydroxyl groups excluding tert-OH is 1. The largest absolute Gasteiger partial charge is 0.393 e. The highest BCUT2D eigenvalue weighted by Gasteiger charge is 2.29. The summed E-state index contributed by atoms with van der Waals surface area (Å²) in [6, 6.07) is 0. The van der Waals surface area contributed by atoms with Crippen LogP contribution in [0.3, 0.4) is 0 Å². The standard InChI is InChI=1S/C16H27N3O2/c1-10(8-14-11(2)17-18-12(14)3)16(21)19(4)9-13-6-5-7-15(13)20/h10,13,15,20H,5-9H2,1-4H3,(H,17,18). The summed E-state index contributed by atoms with van der Waals surface area (Å²) in [5, 5.41) is 17.0. The molecule has 1 aromatic heterocycles. The van der Waals surface area contributed by atoms with Crippen LogP contribution in [0.4, 0.5) is 0 Å². The van der Waals surface area contributed by atoms with Crippen LogP contribution in [0.25, 0.3) is 0 Å². The Morgan fingerprint density at radius 1 is 1.48 bits per heavy atom. The number of nitrogens with one attached hydrogen (secondary N) is 1. The van der Waals surface area contributed by atoms with E-state index in [-0.39, 0.29) is 23.8 Å². The lowest BCUT2D eigenvalue weighted by atomic mass is 9.97. The molecule has 1 aliphatic rings. The van der Waals surface area contributed by atoms with E-state index in [4.69, 9.17) is 0 Å². The number of hydrogen-bond acceptors (Lipinski definition) is 3. The molecule has 1 heterocycles. The molecule has 0 radical (unpaired) electrons. The molecule has 1 fully saturated rings. The third-order valence-electron chi connectivity index (χ3n) is 4.72. The van der Waals surface area contributed by atoms with Crippen molar-refractivity contribution in [2.24, 2.45) is 11.8 Å². The van der Waals surface area contributed by atoms with Crippen molar-refractivity contribution in [2.75, 3.05) is 13.6 Å². The molecular weight excluding hydrogens is 266 g/mol. The molecule has 1 aromatic rings. The van der Waals surface area contributed by atoms with Crippen LogP contribution in [0.15, 0.2) is 0 Å². The van der Waals surface area contributed by atoms with Crippen LogP contribution in [0, 0.1) is 25.7 Å². The molecule has 1 aliphatic carbocycles. The Morgan fingerprint density at radius 3 is 2.71 bits per heavy atom. The number of aromatic amines is 1. The molecule has 1 amide bonds. The van der Waals surface area contributed by atoms with E-state index in [0.717, 1.165) is 36.2 Å². The molecule has 5 nitrogen and oxygen atoms in total. The monoisotopic (exact) mass is 293 g/mol. The van der Waals surface area contributed by atoms with Crippen molar-refractivity contribution in [3.05, 3.63) is 17.0 Å². The summed E-state index contributed by atoms with van der Waals surface area (Å²) >= 11 is 0. The molecule has 1 saturated carbocycles. The summed E-state index contributed by atoms with van der Waals surface area (Å²) < 4.78 is 0. The molecular formula is C16H27N3O2. The number of amides is 1. The lowest BCUT2D eigenvalue weighted by Gasteiger charge is -2.26. The lowest BCUT2D eigenvalue weighted by Crippen LogP contribution is -2.38.